The summed E-state index contributed by atoms with van der Waals surface area (Å²) >= 11 is 6.72. The number of aryl methyl sites for hydroxylation is 1. The lowest BCUT2D eigenvalue weighted by atomic mass is 10.1. The molecule has 0 atom stereocenters. The molecule has 0 aliphatic heterocycles. The first-order valence-corrected chi connectivity index (χ1v) is 6.92. The molecule has 0 heterocycles. The molecule has 0 radical (unpaired) electrons. The summed E-state index contributed by atoms with van der Waals surface area (Å²) in [6.07, 6.45) is 7.17. The molecule has 2 heteroatoms. The second-order valence-electron chi connectivity index (χ2n) is 3.63. The summed E-state index contributed by atoms with van der Waals surface area (Å²) in [5.41, 5.74) is 2.66. The third kappa shape index (κ3) is 5.53. The van der Waals surface area contributed by atoms with Gasteiger partial charge in [0.1, 0.15) is 0 Å². The predicted octanol–water partition coefficient (Wildman–Crippen LogP) is 5.51. The van der Waals surface area contributed by atoms with E-state index in [1.165, 1.54) is 36.8 Å². The van der Waals surface area contributed by atoms with Crippen molar-refractivity contribution < 1.29 is 0 Å². The molecule has 0 aliphatic rings. The van der Waals surface area contributed by atoms with Crippen molar-refractivity contribution in [3.05, 3.63) is 38.8 Å². The molecule has 0 aliphatic carbocycles. The van der Waals surface area contributed by atoms with Gasteiger partial charge in [0.25, 0.3) is 0 Å². The van der Waals surface area contributed by atoms with Gasteiger partial charge in [-0.2, -0.15) is 0 Å². The van der Waals surface area contributed by atoms with Crippen LogP contribution in [-0.4, -0.2) is 0 Å². The van der Waals surface area contributed by atoms with Gasteiger partial charge in [0.15, 0.2) is 0 Å². The van der Waals surface area contributed by atoms with Crippen LogP contribution in [0.15, 0.2) is 27.7 Å². The van der Waals surface area contributed by atoms with Crippen LogP contribution in [0.4, 0.5) is 0 Å². The number of rotatable bonds is 5. The first-order chi connectivity index (χ1) is 7.22. The van der Waals surface area contributed by atoms with Crippen molar-refractivity contribution in [1.82, 2.24) is 0 Å². The Hall–Kier alpha value is -0.0800. The average molecular weight is 332 g/mol. The highest BCUT2D eigenvalue weighted by Crippen LogP contribution is 2.18. The fraction of sp³-hybridized carbons (Fsp3) is 0.385. The molecule has 82 valence electrons. The maximum Gasteiger partial charge on any atom is 0.0610 e. The summed E-state index contributed by atoms with van der Waals surface area (Å²) in [5, 5.41) is 0. The monoisotopic (exact) mass is 330 g/mol. The maximum atomic E-state index is 3.36. The number of unbranched alkanes of at least 4 members (excludes halogenated alkanes) is 2. The van der Waals surface area contributed by atoms with Crippen molar-refractivity contribution in [1.29, 1.82) is 0 Å². The lowest BCUT2D eigenvalue weighted by Crippen LogP contribution is -1.85. The van der Waals surface area contributed by atoms with Gasteiger partial charge in [-0.1, -0.05) is 44.0 Å². The average Bonchev–Trinajstić information content (AvgIpc) is 2.20. The van der Waals surface area contributed by atoms with Gasteiger partial charge < -0.3 is 0 Å². The van der Waals surface area contributed by atoms with Crippen LogP contribution in [0, 0.1) is 0 Å². The van der Waals surface area contributed by atoms with Crippen molar-refractivity contribution in [2.45, 2.75) is 32.6 Å². The number of hydrogen-bond donors (Lipinski definition) is 0. The molecule has 1 rings (SSSR count). The minimum atomic E-state index is 0.980. The molecule has 0 unspecified atom stereocenters. The lowest BCUT2D eigenvalue weighted by Gasteiger charge is -2.01. The Morgan fingerprint density at radius 1 is 1.13 bits per heavy atom. The van der Waals surface area contributed by atoms with Crippen molar-refractivity contribution in [3.63, 3.8) is 0 Å². The molecule has 0 bridgehead atoms. The highest BCUT2D eigenvalue weighted by molar-refractivity contribution is 9.28. The van der Waals surface area contributed by atoms with E-state index in [-0.39, 0.29) is 0 Å². The van der Waals surface area contributed by atoms with E-state index < -0.39 is 0 Å². The fourth-order valence-electron chi connectivity index (χ4n) is 1.49. The summed E-state index contributed by atoms with van der Waals surface area (Å²) < 4.78 is 0.980. The first-order valence-electron chi connectivity index (χ1n) is 5.34. The second kappa shape index (κ2) is 7.24. The molecule has 15 heavy (non-hydrogen) atoms. The van der Waals surface area contributed by atoms with Gasteiger partial charge in [-0.05, 0) is 61.9 Å². The molecule has 0 fully saturated rings. The normalized spacial score (nSPS) is 10.1. The molecule has 0 saturated carbocycles. The van der Waals surface area contributed by atoms with Crippen LogP contribution < -0.4 is 0 Å². The van der Waals surface area contributed by atoms with Gasteiger partial charge in [0, 0.05) is 0 Å². The van der Waals surface area contributed by atoms with E-state index in [2.05, 4.69) is 69.1 Å². The Morgan fingerprint density at radius 3 is 2.33 bits per heavy atom. The first kappa shape index (κ1) is 13.0. The van der Waals surface area contributed by atoms with E-state index in [4.69, 9.17) is 0 Å². The topological polar surface area (TPSA) is 0 Å². The molecule has 0 aromatic heterocycles. The van der Waals surface area contributed by atoms with E-state index in [1.54, 1.807) is 0 Å². The van der Waals surface area contributed by atoms with Crippen LogP contribution in [0.5, 0.6) is 0 Å². The van der Waals surface area contributed by atoms with Crippen molar-refractivity contribution in [2.75, 3.05) is 0 Å². The van der Waals surface area contributed by atoms with E-state index in [1.807, 2.05) is 0 Å². The number of hydrogen-bond acceptors (Lipinski definition) is 0. The maximum absolute atomic E-state index is 3.36. The minimum Gasteiger partial charge on any atom is -0.0654 e. The van der Waals surface area contributed by atoms with Crippen LogP contribution in [0.3, 0.4) is 0 Å². The van der Waals surface area contributed by atoms with E-state index in [0.717, 1.165) is 3.39 Å². The summed E-state index contributed by atoms with van der Waals surface area (Å²) in [7, 11) is 0. The lowest BCUT2D eigenvalue weighted by molar-refractivity contribution is 0.717. The molecule has 0 amide bonds. The van der Waals surface area contributed by atoms with Crippen molar-refractivity contribution in [3.8, 4) is 0 Å². The molecular formula is C13H16Br2. The van der Waals surface area contributed by atoms with E-state index >= 15 is 0 Å². The van der Waals surface area contributed by atoms with Gasteiger partial charge in [-0.25, -0.2) is 0 Å². The zero-order valence-corrected chi connectivity index (χ0v) is 12.1. The van der Waals surface area contributed by atoms with E-state index in [9.17, 15) is 0 Å². The summed E-state index contributed by atoms with van der Waals surface area (Å²) in [4.78, 5) is 0. The van der Waals surface area contributed by atoms with Crippen LogP contribution in [0.25, 0.3) is 6.08 Å². The molecule has 1 aromatic carbocycles. The fourth-order valence-corrected chi connectivity index (χ4v) is 2.01. The molecule has 1 aromatic rings. The summed E-state index contributed by atoms with van der Waals surface area (Å²) in [6, 6.07) is 8.74. The van der Waals surface area contributed by atoms with Crippen LogP contribution >= 0.6 is 31.9 Å². The Bertz CT molecular complexity index is 308. The van der Waals surface area contributed by atoms with Gasteiger partial charge >= 0.3 is 0 Å². The molecule has 0 nitrogen and oxygen atoms in total. The van der Waals surface area contributed by atoms with Gasteiger partial charge in [0.2, 0.25) is 0 Å². The zero-order chi connectivity index (χ0) is 11.1. The standard InChI is InChI=1S/C13H16Br2/c1-2-3-4-5-11-6-8-12(9-7-11)10-13(14)15/h6-10H,2-5H2,1H3. The summed E-state index contributed by atoms with van der Waals surface area (Å²) in [6.45, 7) is 2.24. The van der Waals surface area contributed by atoms with Crippen LogP contribution in [0.2, 0.25) is 0 Å². The highest BCUT2D eigenvalue weighted by Gasteiger charge is 1.93. The van der Waals surface area contributed by atoms with Crippen molar-refractivity contribution >= 4 is 37.9 Å². The Balaban J connectivity index is 2.53. The Morgan fingerprint density at radius 2 is 1.80 bits per heavy atom. The quantitative estimate of drug-likeness (QED) is 0.624. The minimum absolute atomic E-state index is 0.980. The highest BCUT2D eigenvalue weighted by atomic mass is 79.9. The predicted molar refractivity (Wildman–Crippen MR) is 75.5 cm³/mol. The number of benzene rings is 1. The van der Waals surface area contributed by atoms with Crippen molar-refractivity contribution in [2.24, 2.45) is 0 Å². The molecule has 0 spiro atoms. The third-order valence-electron chi connectivity index (χ3n) is 2.32. The molecular weight excluding hydrogens is 316 g/mol. The summed E-state index contributed by atoms with van der Waals surface area (Å²) in [5.74, 6) is 0. The van der Waals surface area contributed by atoms with Crippen LogP contribution in [0.1, 0.15) is 37.3 Å². The zero-order valence-electron chi connectivity index (χ0n) is 8.97. The largest absolute Gasteiger partial charge is 0.0654 e. The SMILES string of the molecule is CCCCCc1ccc(C=C(Br)Br)cc1. The molecule has 0 N–H and O–H groups in total. The van der Waals surface area contributed by atoms with E-state index in [0.29, 0.717) is 0 Å². The third-order valence-corrected chi connectivity index (χ3v) is 2.78. The van der Waals surface area contributed by atoms with Crippen LogP contribution in [-0.2, 0) is 6.42 Å². The second-order valence-corrected chi connectivity index (χ2v) is 6.41. The Kier molecular flexibility index (Phi) is 6.26. The smallest absolute Gasteiger partial charge is 0.0610 e. The van der Waals surface area contributed by atoms with Gasteiger partial charge in [-0.15, -0.1) is 0 Å². The molecule has 0 saturated heterocycles. The number of halogens is 2. The van der Waals surface area contributed by atoms with Gasteiger partial charge in [0.05, 0.1) is 3.39 Å². The van der Waals surface area contributed by atoms with Gasteiger partial charge in [-0.3, -0.25) is 0 Å². The Labute approximate surface area is 109 Å².